The number of fused-ring (bicyclic) bond motifs is 1. The summed E-state index contributed by atoms with van der Waals surface area (Å²) in [5.74, 6) is 1.04. The average Bonchev–Trinajstić information content (AvgIpc) is 2.36. The van der Waals surface area contributed by atoms with Gasteiger partial charge < -0.3 is 10.1 Å². The summed E-state index contributed by atoms with van der Waals surface area (Å²) in [6.45, 7) is 9.18. The Balaban J connectivity index is 2.20. The monoisotopic (exact) mass is 220 g/mol. The van der Waals surface area contributed by atoms with E-state index in [2.05, 4.69) is 42.3 Å². The van der Waals surface area contributed by atoms with Crippen molar-refractivity contribution in [2.24, 2.45) is 0 Å². The highest BCUT2D eigenvalue weighted by atomic mass is 16.5. The molecule has 1 aromatic carbocycles. The summed E-state index contributed by atoms with van der Waals surface area (Å²) in [4.78, 5) is 2.40. The van der Waals surface area contributed by atoms with Crippen LogP contribution in [0.3, 0.4) is 0 Å². The number of nitrogens with zero attached hydrogens (tertiary/aromatic N) is 1. The van der Waals surface area contributed by atoms with Crippen molar-refractivity contribution in [3.8, 4) is 5.75 Å². The molecule has 0 atom stereocenters. The van der Waals surface area contributed by atoms with E-state index in [1.165, 1.54) is 5.56 Å². The number of benzene rings is 1. The van der Waals surface area contributed by atoms with Gasteiger partial charge >= 0.3 is 0 Å². The molecule has 0 aliphatic carbocycles. The van der Waals surface area contributed by atoms with Gasteiger partial charge in [0.1, 0.15) is 12.4 Å². The SMILES string of the molecule is CCN(CC)Cc1cccc2c1OCCN2. The predicted molar refractivity (Wildman–Crippen MR) is 67.1 cm³/mol. The van der Waals surface area contributed by atoms with Gasteiger partial charge in [0.05, 0.1) is 5.69 Å². The lowest BCUT2D eigenvalue weighted by Gasteiger charge is -2.24. The van der Waals surface area contributed by atoms with Gasteiger partial charge in [-0.3, -0.25) is 4.90 Å². The van der Waals surface area contributed by atoms with Gasteiger partial charge in [0.15, 0.2) is 0 Å². The van der Waals surface area contributed by atoms with E-state index in [-0.39, 0.29) is 0 Å². The summed E-state index contributed by atoms with van der Waals surface area (Å²) in [6.07, 6.45) is 0. The van der Waals surface area contributed by atoms with Gasteiger partial charge in [0.25, 0.3) is 0 Å². The third-order valence-electron chi connectivity index (χ3n) is 3.05. The van der Waals surface area contributed by atoms with Crippen molar-refractivity contribution in [1.29, 1.82) is 0 Å². The molecule has 2 rings (SSSR count). The fourth-order valence-corrected chi connectivity index (χ4v) is 2.05. The van der Waals surface area contributed by atoms with E-state index in [1.807, 2.05) is 0 Å². The molecule has 0 radical (unpaired) electrons. The summed E-state index contributed by atoms with van der Waals surface area (Å²) in [7, 11) is 0. The van der Waals surface area contributed by atoms with Crippen molar-refractivity contribution in [3.05, 3.63) is 23.8 Å². The molecule has 0 spiro atoms. The van der Waals surface area contributed by atoms with Gasteiger partial charge in [-0.05, 0) is 19.2 Å². The Kier molecular flexibility index (Phi) is 3.67. The summed E-state index contributed by atoms with van der Waals surface area (Å²) >= 11 is 0. The molecule has 1 N–H and O–H groups in total. The van der Waals surface area contributed by atoms with Crippen LogP contribution in [0, 0.1) is 0 Å². The quantitative estimate of drug-likeness (QED) is 0.843. The second-order valence-corrected chi connectivity index (χ2v) is 4.03. The summed E-state index contributed by atoms with van der Waals surface area (Å²) < 4.78 is 5.76. The Morgan fingerprint density at radius 3 is 2.88 bits per heavy atom. The minimum atomic E-state index is 0.766. The first-order chi connectivity index (χ1) is 7.85. The highest BCUT2D eigenvalue weighted by molar-refractivity contribution is 5.61. The first kappa shape index (κ1) is 11.3. The van der Waals surface area contributed by atoms with Crippen molar-refractivity contribution < 1.29 is 4.74 Å². The minimum Gasteiger partial charge on any atom is -0.489 e. The van der Waals surface area contributed by atoms with E-state index in [1.54, 1.807) is 0 Å². The molecule has 3 heteroatoms. The number of rotatable bonds is 4. The normalized spacial score (nSPS) is 14.2. The van der Waals surface area contributed by atoms with Crippen LogP contribution < -0.4 is 10.1 Å². The van der Waals surface area contributed by atoms with E-state index in [4.69, 9.17) is 4.74 Å². The lowest BCUT2D eigenvalue weighted by atomic mass is 10.1. The Bertz CT molecular complexity index is 348. The van der Waals surface area contributed by atoms with Crippen LogP contribution in [-0.2, 0) is 6.54 Å². The van der Waals surface area contributed by atoms with E-state index >= 15 is 0 Å². The van der Waals surface area contributed by atoms with Crippen LogP contribution in [0.15, 0.2) is 18.2 Å². The maximum Gasteiger partial charge on any atom is 0.146 e. The topological polar surface area (TPSA) is 24.5 Å². The van der Waals surface area contributed by atoms with E-state index in [9.17, 15) is 0 Å². The largest absolute Gasteiger partial charge is 0.489 e. The Morgan fingerprint density at radius 2 is 2.12 bits per heavy atom. The van der Waals surface area contributed by atoms with Crippen LogP contribution in [0.2, 0.25) is 0 Å². The van der Waals surface area contributed by atoms with E-state index in [0.717, 1.165) is 44.2 Å². The summed E-state index contributed by atoms with van der Waals surface area (Å²) in [5, 5.41) is 3.37. The van der Waals surface area contributed by atoms with Crippen molar-refractivity contribution in [2.75, 3.05) is 31.6 Å². The summed E-state index contributed by atoms with van der Waals surface area (Å²) in [5.41, 5.74) is 2.42. The molecular formula is C13H20N2O. The predicted octanol–water partition coefficient (Wildman–Crippen LogP) is 2.33. The van der Waals surface area contributed by atoms with E-state index < -0.39 is 0 Å². The molecule has 0 saturated heterocycles. The maximum atomic E-state index is 5.76. The standard InChI is InChI=1S/C13H20N2O/c1-3-15(4-2)10-11-6-5-7-12-13(11)16-9-8-14-12/h5-7,14H,3-4,8-10H2,1-2H3. The average molecular weight is 220 g/mol. The molecule has 16 heavy (non-hydrogen) atoms. The Hall–Kier alpha value is -1.22. The van der Waals surface area contributed by atoms with Gasteiger partial charge in [0, 0.05) is 18.7 Å². The molecule has 1 heterocycles. The summed E-state index contributed by atoms with van der Waals surface area (Å²) in [6, 6.07) is 6.34. The molecule has 0 fully saturated rings. The number of anilines is 1. The molecular weight excluding hydrogens is 200 g/mol. The second-order valence-electron chi connectivity index (χ2n) is 4.03. The van der Waals surface area contributed by atoms with Gasteiger partial charge in [-0.1, -0.05) is 26.0 Å². The molecule has 0 amide bonds. The smallest absolute Gasteiger partial charge is 0.146 e. The third kappa shape index (κ3) is 2.30. The van der Waals surface area contributed by atoms with Gasteiger partial charge in [-0.25, -0.2) is 0 Å². The zero-order chi connectivity index (χ0) is 11.4. The van der Waals surface area contributed by atoms with Crippen LogP contribution in [0.4, 0.5) is 5.69 Å². The van der Waals surface area contributed by atoms with Gasteiger partial charge in [-0.15, -0.1) is 0 Å². The molecule has 1 aliphatic heterocycles. The van der Waals surface area contributed by atoms with Crippen LogP contribution in [-0.4, -0.2) is 31.1 Å². The minimum absolute atomic E-state index is 0.766. The maximum absolute atomic E-state index is 5.76. The molecule has 1 aliphatic rings. The number of ether oxygens (including phenoxy) is 1. The Labute approximate surface area is 97.4 Å². The van der Waals surface area contributed by atoms with Crippen molar-refractivity contribution in [3.63, 3.8) is 0 Å². The molecule has 0 aromatic heterocycles. The molecule has 1 aromatic rings. The van der Waals surface area contributed by atoms with Crippen molar-refractivity contribution in [2.45, 2.75) is 20.4 Å². The molecule has 0 bridgehead atoms. The highest BCUT2D eigenvalue weighted by Gasteiger charge is 2.14. The van der Waals surface area contributed by atoms with Crippen LogP contribution >= 0.6 is 0 Å². The first-order valence-corrected chi connectivity index (χ1v) is 6.06. The molecule has 0 saturated carbocycles. The fourth-order valence-electron chi connectivity index (χ4n) is 2.05. The van der Waals surface area contributed by atoms with Crippen LogP contribution in [0.1, 0.15) is 19.4 Å². The third-order valence-corrected chi connectivity index (χ3v) is 3.05. The Morgan fingerprint density at radius 1 is 1.31 bits per heavy atom. The van der Waals surface area contributed by atoms with E-state index in [0.29, 0.717) is 0 Å². The number of hydrogen-bond donors (Lipinski definition) is 1. The highest BCUT2D eigenvalue weighted by Crippen LogP contribution is 2.31. The number of nitrogens with one attached hydrogen (secondary N) is 1. The van der Waals surface area contributed by atoms with Crippen LogP contribution in [0.25, 0.3) is 0 Å². The lowest BCUT2D eigenvalue weighted by Crippen LogP contribution is -2.24. The van der Waals surface area contributed by atoms with Crippen molar-refractivity contribution in [1.82, 2.24) is 4.90 Å². The zero-order valence-electron chi connectivity index (χ0n) is 10.1. The molecule has 3 nitrogen and oxygen atoms in total. The zero-order valence-corrected chi connectivity index (χ0v) is 10.1. The first-order valence-electron chi connectivity index (χ1n) is 6.06. The molecule has 88 valence electrons. The second kappa shape index (κ2) is 5.21. The fraction of sp³-hybridized carbons (Fsp3) is 0.538. The number of hydrogen-bond acceptors (Lipinski definition) is 3. The van der Waals surface area contributed by atoms with Crippen LogP contribution in [0.5, 0.6) is 5.75 Å². The number of para-hydroxylation sites is 1. The van der Waals surface area contributed by atoms with Crippen molar-refractivity contribution >= 4 is 5.69 Å². The van der Waals surface area contributed by atoms with Gasteiger partial charge in [0.2, 0.25) is 0 Å². The lowest BCUT2D eigenvalue weighted by molar-refractivity contribution is 0.278. The molecule has 0 unspecified atom stereocenters. The van der Waals surface area contributed by atoms with Gasteiger partial charge in [-0.2, -0.15) is 0 Å².